The summed E-state index contributed by atoms with van der Waals surface area (Å²) in [5, 5.41) is 44.1. The fourth-order valence-corrected chi connectivity index (χ4v) is 5.38. The van der Waals surface area contributed by atoms with E-state index in [-0.39, 0.29) is 34.8 Å². The number of phenolic OH excluding ortho intramolecular Hbond substituents is 4. The number of phenols is 4. The van der Waals surface area contributed by atoms with E-state index in [1.807, 2.05) is 11.8 Å². The molecule has 0 aromatic heterocycles. The molecule has 0 aliphatic carbocycles. The van der Waals surface area contributed by atoms with Gasteiger partial charge in [0.15, 0.2) is 32.8 Å². The first-order valence-corrected chi connectivity index (χ1v) is 18.4. The van der Waals surface area contributed by atoms with E-state index < -0.39 is 9.84 Å². The minimum Gasteiger partial charge on any atom is -0.504 e. The van der Waals surface area contributed by atoms with Crippen LogP contribution in [0, 0.1) is 6.92 Å². The predicted octanol–water partition coefficient (Wildman–Crippen LogP) is 3.53. The predicted molar refractivity (Wildman–Crippen MR) is 190 cm³/mol. The van der Waals surface area contributed by atoms with Gasteiger partial charge in [0.2, 0.25) is 11.8 Å². The molecule has 2 amide bonds. The number of hydrogen-bond acceptors (Lipinski definition) is 10. The maximum absolute atomic E-state index is 12.7. The molecule has 0 fully saturated rings. The standard InChI is InChI=1S/C28H42N4O6.C8H10O2S/c29-13-3-18-32(28(38)12-8-22-6-10-24(34)26(36)20-22)17-2-1-14-30-15-4-16-31-27(37)11-7-21-5-9-23(33)25(35)19-21;1-7-3-5-8(6-4-7)11(2,9)10/h5-6,9-10,19-20,30,33-36H,1-4,7-8,11-18,29H2,(H,31,37);3-6H,1-2H3. The van der Waals surface area contributed by atoms with Crippen LogP contribution >= 0.6 is 0 Å². The molecule has 13 heteroatoms. The number of aromatic hydroxyl groups is 4. The van der Waals surface area contributed by atoms with Crippen molar-refractivity contribution < 1.29 is 38.4 Å². The van der Waals surface area contributed by atoms with Gasteiger partial charge in [-0.1, -0.05) is 29.8 Å². The Hall–Kier alpha value is -4.33. The van der Waals surface area contributed by atoms with Crippen LogP contribution in [0.3, 0.4) is 0 Å². The van der Waals surface area contributed by atoms with Crippen LogP contribution in [0.2, 0.25) is 0 Å². The molecule has 0 aliphatic rings. The summed E-state index contributed by atoms with van der Waals surface area (Å²) in [5.41, 5.74) is 8.29. The SMILES string of the molecule is Cc1ccc(S(C)(=O)=O)cc1.NCCCN(CCCCNCCCNC(=O)CCc1ccc(O)c(O)c1)C(=O)CCc1ccc(O)c(O)c1. The second-order valence-corrected chi connectivity index (χ2v) is 13.9. The number of unbranched alkanes of at least 4 members (excludes halogenated alkanes) is 1. The molecule has 0 saturated carbocycles. The lowest BCUT2D eigenvalue weighted by Crippen LogP contribution is -2.34. The summed E-state index contributed by atoms with van der Waals surface area (Å²) in [7, 11) is -3.02. The summed E-state index contributed by atoms with van der Waals surface area (Å²) in [4.78, 5) is 26.9. The fraction of sp³-hybridized carbons (Fsp3) is 0.444. The lowest BCUT2D eigenvalue weighted by molar-refractivity contribution is -0.131. The van der Waals surface area contributed by atoms with Gasteiger partial charge in [-0.25, -0.2) is 8.42 Å². The summed E-state index contributed by atoms with van der Waals surface area (Å²) in [6.45, 7) is 5.91. The second kappa shape index (κ2) is 21.6. The molecule has 3 aromatic rings. The van der Waals surface area contributed by atoms with Crippen molar-refractivity contribution in [2.45, 2.75) is 63.2 Å². The van der Waals surface area contributed by atoms with E-state index in [4.69, 9.17) is 5.73 Å². The maximum Gasteiger partial charge on any atom is 0.222 e. The average molecular weight is 701 g/mol. The van der Waals surface area contributed by atoms with Gasteiger partial charge >= 0.3 is 0 Å². The molecule has 49 heavy (non-hydrogen) atoms. The van der Waals surface area contributed by atoms with E-state index in [0.717, 1.165) is 55.5 Å². The molecular formula is C36H52N4O8S. The van der Waals surface area contributed by atoms with Crippen molar-refractivity contribution in [2.75, 3.05) is 45.5 Å². The number of sulfone groups is 1. The van der Waals surface area contributed by atoms with Crippen LogP contribution in [0.25, 0.3) is 0 Å². The minimum absolute atomic E-state index is 0.0527. The van der Waals surface area contributed by atoms with Gasteiger partial charge in [-0.3, -0.25) is 9.59 Å². The Morgan fingerprint density at radius 1 is 0.714 bits per heavy atom. The van der Waals surface area contributed by atoms with Crippen molar-refractivity contribution >= 4 is 21.7 Å². The number of aryl methyl sites for hydroxylation is 3. The molecule has 0 radical (unpaired) electrons. The number of benzene rings is 3. The molecule has 0 saturated heterocycles. The van der Waals surface area contributed by atoms with Gasteiger partial charge in [0.1, 0.15) is 0 Å². The van der Waals surface area contributed by atoms with Gasteiger partial charge in [-0.15, -0.1) is 0 Å². The highest BCUT2D eigenvalue weighted by Crippen LogP contribution is 2.26. The summed E-state index contributed by atoms with van der Waals surface area (Å²) in [6.07, 6.45) is 6.17. The van der Waals surface area contributed by atoms with Gasteiger partial charge in [0.05, 0.1) is 4.90 Å². The molecule has 3 rings (SSSR count). The topological polar surface area (TPSA) is 203 Å². The molecule has 0 atom stereocenters. The molecule has 0 heterocycles. The first kappa shape index (κ1) is 40.8. The van der Waals surface area contributed by atoms with Crippen molar-refractivity contribution in [1.29, 1.82) is 0 Å². The van der Waals surface area contributed by atoms with E-state index in [9.17, 15) is 38.4 Å². The third-order valence-electron chi connectivity index (χ3n) is 7.67. The lowest BCUT2D eigenvalue weighted by Gasteiger charge is -2.23. The van der Waals surface area contributed by atoms with Crippen molar-refractivity contribution in [3.05, 3.63) is 77.4 Å². The highest BCUT2D eigenvalue weighted by atomic mass is 32.2. The zero-order chi connectivity index (χ0) is 36.2. The van der Waals surface area contributed by atoms with Gasteiger partial charge < -0.3 is 41.7 Å². The Kier molecular flexibility index (Phi) is 18.0. The minimum atomic E-state index is -3.02. The fourth-order valence-electron chi connectivity index (χ4n) is 4.75. The van der Waals surface area contributed by atoms with Crippen LogP contribution in [0.4, 0.5) is 0 Å². The highest BCUT2D eigenvalue weighted by molar-refractivity contribution is 7.90. The Labute approximate surface area is 289 Å². The van der Waals surface area contributed by atoms with Crippen molar-refractivity contribution in [1.82, 2.24) is 15.5 Å². The molecule has 8 N–H and O–H groups in total. The van der Waals surface area contributed by atoms with Crippen LogP contribution in [0.15, 0.2) is 65.6 Å². The third kappa shape index (κ3) is 16.6. The summed E-state index contributed by atoms with van der Waals surface area (Å²) in [5.74, 6) is -0.715. The molecule has 0 unspecified atom stereocenters. The second-order valence-electron chi connectivity index (χ2n) is 11.9. The van der Waals surface area contributed by atoms with E-state index in [1.54, 1.807) is 36.4 Å². The molecule has 270 valence electrons. The number of hydrogen-bond donors (Lipinski definition) is 7. The first-order chi connectivity index (χ1) is 23.3. The van der Waals surface area contributed by atoms with Gasteiger partial charge in [-0.05, 0) is 113 Å². The molecule has 3 aromatic carbocycles. The number of rotatable bonds is 19. The van der Waals surface area contributed by atoms with E-state index >= 15 is 0 Å². The smallest absolute Gasteiger partial charge is 0.222 e. The Balaban J connectivity index is 0.000000639. The Morgan fingerprint density at radius 3 is 1.82 bits per heavy atom. The molecule has 0 aliphatic heterocycles. The quantitative estimate of drug-likeness (QED) is 0.0716. The number of nitrogens with one attached hydrogen (secondary N) is 2. The van der Waals surface area contributed by atoms with Crippen molar-refractivity contribution in [2.24, 2.45) is 5.73 Å². The summed E-state index contributed by atoms with van der Waals surface area (Å²) >= 11 is 0. The zero-order valence-corrected chi connectivity index (χ0v) is 29.3. The average Bonchev–Trinajstić information content (AvgIpc) is 3.06. The number of carbonyl (C=O) groups is 2. The normalized spacial score (nSPS) is 11.0. The highest BCUT2D eigenvalue weighted by Gasteiger charge is 2.13. The molecule has 0 bridgehead atoms. The van der Waals surface area contributed by atoms with Crippen LogP contribution in [-0.2, 0) is 32.3 Å². The first-order valence-electron chi connectivity index (χ1n) is 16.5. The Bertz CT molecular complexity index is 1570. The van der Waals surface area contributed by atoms with Gasteiger partial charge in [0.25, 0.3) is 0 Å². The number of nitrogens with zero attached hydrogens (tertiary/aromatic N) is 1. The zero-order valence-electron chi connectivity index (χ0n) is 28.5. The number of nitrogens with two attached hydrogens (primary N) is 1. The van der Waals surface area contributed by atoms with E-state index in [0.29, 0.717) is 56.8 Å². The number of amides is 2. The van der Waals surface area contributed by atoms with E-state index in [2.05, 4.69) is 10.6 Å². The van der Waals surface area contributed by atoms with Crippen LogP contribution in [0.1, 0.15) is 55.2 Å². The van der Waals surface area contributed by atoms with E-state index in [1.165, 1.54) is 30.5 Å². The molecular weight excluding hydrogens is 648 g/mol. The van der Waals surface area contributed by atoms with Crippen molar-refractivity contribution in [3.8, 4) is 23.0 Å². The summed E-state index contributed by atoms with van der Waals surface area (Å²) < 4.78 is 21.9. The molecule has 0 spiro atoms. The van der Waals surface area contributed by atoms with Crippen LogP contribution in [0.5, 0.6) is 23.0 Å². The van der Waals surface area contributed by atoms with Crippen LogP contribution < -0.4 is 16.4 Å². The van der Waals surface area contributed by atoms with Crippen LogP contribution in [-0.4, -0.2) is 91.1 Å². The maximum atomic E-state index is 12.7. The van der Waals surface area contributed by atoms with Gasteiger partial charge in [0, 0.05) is 38.7 Å². The lowest BCUT2D eigenvalue weighted by atomic mass is 10.1. The summed E-state index contributed by atoms with van der Waals surface area (Å²) in [6, 6.07) is 16.0. The monoisotopic (exact) mass is 700 g/mol. The largest absolute Gasteiger partial charge is 0.504 e. The molecule has 12 nitrogen and oxygen atoms in total. The van der Waals surface area contributed by atoms with Gasteiger partial charge in [-0.2, -0.15) is 0 Å². The van der Waals surface area contributed by atoms with Crippen molar-refractivity contribution in [3.63, 3.8) is 0 Å². The number of carbonyl (C=O) groups excluding carboxylic acids is 2. The Morgan fingerprint density at radius 2 is 1.27 bits per heavy atom. The third-order valence-corrected chi connectivity index (χ3v) is 8.79.